The Hall–Kier alpha value is -2.46. The number of para-hydroxylation sites is 1. The Morgan fingerprint density at radius 1 is 1.41 bits per heavy atom. The van der Waals surface area contributed by atoms with Crippen LogP contribution >= 0.6 is 11.8 Å². The third kappa shape index (κ3) is 3.80. The molecule has 1 aliphatic rings. The topological polar surface area (TPSA) is 88.4 Å². The number of amides is 2. The Morgan fingerprint density at radius 2 is 2.23 bits per heavy atom. The summed E-state index contributed by atoms with van der Waals surface area (Å²) in [5.41, 5.74) is 0.642. The number of benzene rings is 1. The molecule has 1 fully saturated rings. The normalized spacial score (nSPS) is 15.5. The maximum atomic E-state index is 11.6. The molecule has 114 valence electrons. The van der Waals surface area contributed by atoms with E-state index in [0.29, 0.717) is 41.4 Å². The standard InChI is InChI=1S/C15H14N2O4S/c1-20-11-6-4-5-10(13(11)21-8-3-2-7-16)9-12-14(18)17-15(19)22-12/h4-6,9H,2-3,8H2,1H3,(H,17,18,19)/b12-9+. The summed E-state index contributed by atoms with van der Waals surface area (Å²) >= 11 is 0.845. The van der Waals surface area contributed by atoms with Crippen LogP contribution in [0.2, 0.25) is 0 Å². The van der Waals surface area contributed by atoms with Crippen LogP contribution in [0.3, 0.4) is 0 Å². The van der Waals surface area contributed by atoms with Gasteiger partial charge in [0.25, 0.3) is 11.1 Å². The predicted molar refractivity (Wildman–Crippen MR) is 82.4 cm³/mol. The summed E-state index contributed by atoms with van der Waals surface area (Å²) in [6.07, 6.45) is 2.59. The van der Waals surface area contributed by atoms with Crippen LogP contribution in [-0.4, -0.2) is 24.9 Å². The van der Waals surface area contributed by atoms with E-state index in [4.69, 9.17) is 14.7 Å². The van der Waals surface area contributed by atoms with E-state index in [2.05, 4.69) is 5.32 Å². The van der Waals surface area contributed by atoms with E-state index in [1.54, 1.807) is 24.3 Å². The Labute approximate surface area is 132 Å². The number of nitriles is 1. The molecule has 22 heavy (non-hydrogen) atoms. The van der Waals surface area contributed by atoms with Crippen molar-refractivity contribution >= 4 is 29.0 Å². The molecule has 1 aromatic carbocycles. The molecule has 0 aliphatic carbocycles. The molecule has 0 saturated carbocycles. The summed E-state index contributed by atoms with van der Waals surface area (Å²) < 4.78 is 10.9. The van der Waals surface area contributed by atoms with Crippen molar-refractivity contribution in [2.24, 2.45) is 0 Å². The van der Waals surface area contributed by atoms with Gasteiger partial charge in [0.05, 0.1) is 24.7 Å². The molecule has 0 unspecified atom stereocenters. The molecule has 2 amide bonds. The molecule has 0 atom stereocenters. The van der Waals surface area contributed by atoms with Crippen LogP contribution < -0.4 is 14.8 Å². The minimum absolute atomic E-state index is 0.306. The molecule has 0 bridgehead atoms. The van der Waals surface area contributed by atoms with Gasteiger partial charge in [-0.3, -0.25) is 14.9 Å². The van der Waals surface area contributed by atoms with Crippen molar-refractivity contribution in [3.05, 3.63) is 28.7 Å². The molecular formula is C15H14N2O4S. The largest absolute Gasteiger partial charge is 0.493 e. The summed E-state index contributed by atoms with van der Waals surface area (Å²) in [6, 6.07) is 7.33. The van der Waals surface area contributed by atoms with Gasteiger partial charge in [0.1, 0.15) is 0 Å². The first-order chi connectivity index (χ1) is 10.7. The van der Waals surface area contributed by atoms with E-state index in [1.165, 1.54) is 7.11 Å². The van der Waals surface area contributed by atoms with E-state index in [1.807, 2.05) is 6.07 Å². The average Bonchev–Trinajstić information content (AvgIpc) is 2.82. The monoisotopic (exact) mass is 318 g/mol. The van der Waals surface area contributed by atoms with Crippen molar-refractivity contribution in [3.63, 3.8) is 0 Å². The maximum Gasteiger partial charge on any atom is 0.290 e. The van der Waals surface area contributed by atoms with Crippen LogP contribution in [0.25, 0.3) is 6.08 Å². The Morgan fingerprint density at radius 3 is 2.86 bits per heavy atom. The molecule has 7 heteroatoms. The number of ether oxygens (including phenoxy) is 2. The molecule has 6 nitrogen and oxygen atoms in total. The van der Waals surface area contributed by atoms with Crippen LogP contribution in [0.1, 0.15) is 18.4 Å². The van der Waals surface area contributed by atoms with Crippen LogP contribution in [0.4, 0.5) is 4.79 Å². The quantitative estimate of drug-likeness (QED) is 0.641. The van der Waals surface area contributed by atoms with E-state index in [9.17, 15) is 9.59 Å². The number of carbonyl (C=O) groups excluding carboxylic acids is 2. The van der Waals surface area contributed by atoms with Crippen molar-refractivity contribution in [1.29, 1.82) is 5.26 Å². The zero-order chi connectivity index (χ0) is 15.9. The summed E-state index contributed by atoms with van der Waals surface area (Å²) in [7, 11) is 1.52. The van der Waals surface area contributed by atoms with Gasteiger partial charge in [-0.1, -0.05) is 12.1 Å². The third-order valence-electron chi connectivity index (χ3n) is 2.84. The number of hydrogen-bond acceptors (Lipinski definition) is 6. The van der Waals surface area contributed by atoms with Crippen LogP contribution in [0.15, 0.2) is 23.1 Å². The number of nitrogens with zero attached hydrogens (tertiary/aromatic N) is 1. The summed E-state index contributed by atoms with van der Waals surface area (Å²) in [6.45, 7) is 0.363. The molecule has 1 aliphatic heterocycles. The minimum atomic E-state index is -0.423. The molecule has 1 aromatic rings. The van der Waals surface area contributed by atoms with Gasteiger partial charge in [-0.2, -0.15) is 5.26 Å². The molecule has 1 heterocycles. The maximum absolute atomic E-state index is 11.6. The Balaban J connectivity index is 2.26. The smallest absolute Gasteiger partial charge is 0.290 e. The summed E-state index contributed by atoms with van der Waals surface area (Å²) in [5.74, 6) is 0.595. The fourth-order valence-corrected chi connectivity index (χ4v) is 2.52. The molecular weight excluding hydrogens is 304 g/mol. The number of unbranched alkanes of at least 4 members (excludes halogenated alkanes) is 1. The lowest BCUT2D eigenvalue weighted by Crippen LogP contribution is -2.17. The van der Waals surface area contributed by atoms with E-state index < -0.39 is 11.1 Å². The van der Waals surface area contributed by atoms with Gasteiger partial charge in [0.15, 0.2) is 11.5 Å². The SMILES string of the molecule is COc1cccc(/C=C2/SC(=O)NC2=O)c1OCCCC#N. The van der Waals surface area contributed by atoms with Crippen LogP contribution in [0, 0.1) is 11.3 Å². The van der Waals surface area contributed by atoms with Crippen molar-refractivity contribution in [2.45, 2.75) is 12.8 Å². The van der Waals surface area contributed by atoms with E-state index >= 15 is 0 Å². The second kappa shape index (κ2) is 7.52. The molecule has 0 spiro atoms. The van der Waals surface area contributed by atoms with Gasteiger partial charge >= 0.3 is 0 Å². The first kappa shape index (κ1) is 15.9. The first-order valence-electron chi connectivity index (χ1n) is 6.57. The number of hydrogen-bond donors (Lipinski definition) is 1. The minimum Gasteiger partial charge on any atom is -0.493 e. The molecule has 0 radical (unpaired) electrons. The number of carbonyl (C=O) groups is 2. The zero-order valence-electron chi connectivity index (χ0n) is 11.9. The first-order valence-corrected chi connectivity index (χ1v) is 7.39. The molecule has 2 rings (SSSR count). The summed E-state index contributed by atoms with van der Waals surface area (Å²) in [4.78, 5) is 23.1. The lowest BCUT2D eigenvalue weighted by atomic mass is 10.1. The highest BCUT2D eigenvalue weighted by molar-refractivity contribution is 8.18. The fourth-order valence-electron chi connectivity index (χ4n) is 1.85. The zero-order valence-corrected chi connectivity index (χ0v) is 12.7. The number of thioether (sulfide) groups is 1. The van der Waals surface area contributed by atoms with Gasteiger partial charge in [0.2, 0.25) is 0 Å². The molecule has 1 N–H and O–H groups in total. The van der Waals surface area contributed by atoms with Gasteiger partial charge in [-0.05, 0) is 30.3 Å². The highest BCUT2D eigenvalue weighted by Gasteiger charge is 2.25. The Kier molecular flexibility index (Phi) is 5.44. The van der Waals surface area contributed by atoms with Gasteiger partial charge < -0.3 is 9.47 Å². The average molecular weight is 318 g/mol. The number of rotatable bonds is 6. The second-order valence-electron chi connectivity index (χ2n) is 4.34. The van der Waals surface area contributed by atoms with Crippen LogP contribution in [-0.2, 0) is 4.79 Å². The predicted octanol–water partition coefficient (Wildman–Crippen LogP) is 2.70. The second-order valence-corrected chi connectivity index (χ2v) is 5.36. The van der Waals surface area contributed by atoms with Crippen LogP contribution in [0.5, 0.6) is 11.5 Å². The van der Waals surface area contributed by atoms with Gasteiger partial charge in [0, 0.05) is 12.0 Å². The molecule has 1 saturated heterocycles. The highest BCUT2D eigenvalue weighted by Crippen LogP contribution is 2.35. The number of nitrogens with one attached hydrogen (secondary N) is 1. The van der Waals surface area contributed by atoms with Crippen molar-refractivity contribution in [3.8, 4) is 17.6 Å². The lowest BCUT2D eigenvalue weighted by molar-refractivity contribution is -0.115. The van der Waals surface area contributed by atoms with Crippen molar-refractivity contribution in [2.75, 3.05) is 13.7 Å². The molecule has 0 aromatic heterocycles. The fraction of sp³-hybridized carbons (Fsp3) is 0.267. The van der Waals surface area contributed by atoms with Gasteiger partial charge in [-0.25, -0.2) is 0 Å². The number of imide groups is 1. The number of methoxy groups -OCH3 is 1. The van der Waals surface area contributed by atoms with Crippen molar-refractivity contribution < 1.29 is 19.1 Å². The van der Waals surface area contributed by atoms with Gasteiger partial charge in [-0.15, -0.1) is 0 Å². The summed E-state index contributed by atoms with van der Waals surface area (Å²) in [5, 5.41) is 10.4. The van der Waals surface area contributed by atoms with Crippen molar-refractivity contribution in [1.82, 2.24) is 5.32 Å². The highest BCUT2D eigenvalue weighted by atomic mass is 32.2. The lowest BCUT2D eigenvalue weighted by Gasteiger charge is -2.13. The Bertz CT molecular complexity index is 664. The third-order valence-corrected chi connectivity index (χ3v) is 3.65. The van der Waals surface area contributed by atoms with E-state index in [-0.39, 0.29) is 0 Å². The van der Waals surface area contributed by atoms with E-state index in [0.717, 1.165) is 11.8 Å².